The molecule has 2 nitrogen and oxygen atoms in total. The monoisotopic (exact) mass is 268 g/mol. The minimum Gasteiger partial charge on any atom is -0.481 e. The zero-order chi connectivity index (χ0) is 13.9. The van der Waals surface area contributed by atoms with E-state index in [9.17, 15) is 4.79 Å². The van der Waals surface area contributed by atoms with Gasteiger partial charge in [0.1, 0.15) is 0 Å². The maximum atomic E-state index is 10.3. The first-order chi connectivity index (χ1) is 9.24. The van der Waals surface area contributed by atoms with E-state index < -0.39 is 5.97 Å². The van der Waals surface area contributed by atoms with Crippen LogP contribution in [0.15, 0.2) is 0 Å². The molecule has 0 bridgehead atoms. The molecule has 1 aliphatic carbocycles. The molecule has 1 saturated carbocycles. The molecule has 0 spiro atoms. The summed E-state index contributed by atoms with van der Waals surface area (Å²) in [4.78, 5) is 10.3. The lowest BCUT2D eigenvalue weighted by Gasteiger charge is -2.02. The van der Waals surface area contributed by atoms with Gasteiger partial charge in [-0.15, -0.1) is 0 Å². The number of hydrogen-bond donors (Lipinski definition) is 1. The van der Waals surface area contributed by atoms with Gasteiger partial charge in [0.05, 0.1) is 0 Å². The van der Waals surface area contributed by atoms with Crippen LogP contribution in [0.3, 0.4) is 0 Å². The summed E-state index contributed by atoms with van der Waals surface area (Å²) in [6.45, 7) is 2.30. The standard InChI is InChI=1S/C17H32O2/c1-2-11-15-14-16(15)12-9-7-5-3-4-6-8-10-13-17(18)19/h15-16H,2-14H2,1H3,(H,18,19)/t15-,16-/m1/s1. The third-order valence-corrected chi connectivity index (χ3v) is 4.44. The van der Waals surface area contributed by atoms with E-state index in [1.54, 1.807) is 0 Å². The Morgan fingerprint density at radius 2 is 1.42 bits per heavy atom. The molecule has 0 unspecified atom stereocenters. The van der Waals surface area contributed by atoms with E-state index in [-0.39, 0.29) is 0 Å². The predicted molar refractivity (Wildman–Crippen MR) is 80.3 cm³/mol. The zero-order valence-electron chi connectivity index (χ0n) is 12.7. The molecule has 0 aromatic heterocycles. The number of rotatable bonds is 13. The Kier molecular flexibility index (Phi) is 8.94. The quantitative estimate of drug-likeness (QED) is 0.453. The zero-order valence-corrected chi connectivity index (χ0v) is 12.7. The van der Waals surface area contributed by atoms with Crippen molar-refractivity contribution in [1.29, 1.82) is 0 Å². The number of hydrogen-bond acceptors (Lipinski definition) is 1. The Morgan fingerprint density at radius 3 is 2.00 bits per heavy atom. The van der Waals surface area contributed by atoms with Crippen LogP contribution in [0.4, 0.5) is 0 Å². The van der Waals surface area contributed by atoms with Crippen LogP contribution < -0.4 is 0 Å². The summed E-state index contributed by atoms with van der Waals surface area (Å²) in [5.74, 6) is 1.51. The highest BCUT2D eigenvalue weighted by Gasteiger charge is 2.34. The first-order valence-corrected chi connectivity index (χ1v) is 8.45. The minimum atomic E-state index is -0.651. The molecule has 1 rings (SSSR count). The normalized spacial score (nSPS) is 21.5. The fourth-order valence-corrected chi connectivity index (χ4v) is 3.13. The molecule has 2 heteroatoms. The predicted octanol–water partition coefficient (Wildman–Crippen LogP) is 5.41. The van der Waals surface area contributed by atoms with Crippen molar-refractivity contribution in [2.24, 2.45) is 11.8 Å². The van der Waals surface area contributed by atoms with Crippen LogP contribution in [-0.4, -0.2) is 11.1 Å². The molecule has 0 radical (unpaired) electrons. The maximum absolute atomic E-state index is 10.3. The van der Waals surface area contributed by atoms with Crippen LogP contribution >= 0.6 is 0 Å². The van der Waals surface area contributed by atoms with Gasteiger partial charge in [0.25, 0.3) is 0 Å². The van der Waals surface area contributed by atoms with Crippen molar-refractivity contribution in [1.82, 2.24) is 0 Å². The largest absolute Gasteiger partial charge is 0.481 e. The van der Waals surface area contributed by atoms with Crippen molar-refractivity contribution in [3.05, 3.63) is 0 Å². The molecule has 0 saturated heterocycles. The summed E-state index contributed by atoms with van der Waals surface area (Å²) >= 11 is 0. The molecule has 1 fully saturated rings. The fourth-order valence-electron chi connectivity index (χ4n) is 3.13. The number of carboxylic acid groups (broad SMARTS) is 1. The summed E-state index contributed by atoms with van der Waals surface area (Å²) in [6, 6.07) is 0. The van der Waals surface area contributed by atoms with E-state index >= 15 is 0 Å². The van der Waals surface area contributed by atoms with Crippen molar-refractivity contribution in [2.45, 2.75) is 90.4 Å². The highest BCUT2D eigenvalue weighted by Crippen LogP contribution is 2.45. The van der Waals surface area contributed by atoms with Gasteiger partial charge in [0.2, 0.25) is 0 Å². The van der Waals surface area contributed by atoms with Crippen LogP contribution in [-0.2, 0) is 4.79 Å². The van der Waals surface area contributed by atoms with E-state index in [4.69, 9.17) is 5.11 Å². The lowest BCUT2D eigenvalue weighted by molar-refractivity contribution is -0.137. The van der Waals surface area contributed by atoms with Crippen LogP contribution in [0.25, 0.3) is 0 Å². The topological polar surface area (TPSA) is 37.3 Å². The second-order valence-corrected chi connectivity index (χ2v) is 6.31. The molecule has 2 atom stereocenters. The molecule has 1 N–H and O–H groups in total. The van der Waals surface area contributed by atoms with Crippen LogP contribution in [0.2, 0.25) is 0 Å². The third kappa shape index (κ3) is 9.07. The van der Waals surface area contributed by atoms with E-state index in [1.165, 1.54) is 64.2 Å². The van der Waals surface area contributed by atoms with Crippen molar-refractivity contribution in [3.8, 4) is 0 Å². The van der Waals surface area contributed by atoms with Gasteiger partial charge in [-0.05, 0) is 24.7 Å². The first kappa shape index (κ1) is 16.5. The fraction of sp³-hybridized carbons (Fsp3) is 0.941. The van der Waals surface area contributed by atoms with Gasteiger partial charge in [0, 0.05) is 6.42 Å². The average Bonchev–Trinajstić information content (AvgIpc) is 3.10. The molecule has 0 amide bonds. The molecule has 0 heterocycles. The molecule has 19 heavy (non-hydrogen) atoms. The van der Waals surface area contributed by atoms with Gasteiger partial charge in [-0.2, -0.15) is 0 Å². The van der Waals surface area contributed by atoms with Gasteiger partial charge < -0.3 is 5.11 Å². The summed E-state index contributed by atoms with van der Waals surface area (Å²) < 4.78 is 0. The maximum Gasteiger partial charge on any atom is 0.303 e. The molecule has 112 valence electrons. The SMILES string of the molecule is CCC[C@@H]1C[C@H]1CCCCCCCCCCC(=O)O. The van der Waals surface area contributed by atoms with Crippen LogP contribution in [0, 0.1) is 11.8 Å². The molecule has 0 aliphatic heterocycles. The van der Waals surface area contributed by atoms with Crippen molar-refractivity contribution >= 4 is 5.97 Å². The molecule has 1 aliphatic rings. The van der Waals surface area contributed by atoms with Gasteiger partial charge in [-0.3, -0.25) is 4.79 Å². The molecular formula is C17H32O2. The second-order valence-electron chi connectivity index (χ2n) is 6.31. The Bertz CT molecular complexity index is 237. The lowest BCUT2D eigenvalue weighted by atomic mass is 10.0. The molecule has 0 aromatic rings. The van der Waals surface area contributed by atoms with Gasteiger partial charge in [-0.1, -0.05) is 71.1 Å². The Labute approximate surface area is 119 Å². The summed E-state index contributed by atoms with van der Waals surface area (Å²) in [5, 5.41) is 8.52. The first-order valence-electron chi connectivity index (χ1n) is 8.45. The lowest BCUT2D eigenvalue weighted by Crippen LogP contribution is -1.93. The van der Waals surface area contributed by atoms with E-state index in [1.807, 2.05) is 0 Å². The molecular weight excluding hydrogens is 236 g/mol. The van der Waals surface area contributed by atoms with Gasteiger partial charge in [0.15, 0.2) is 0 Å². The smallest absolute Gasteiger partial charge is 0.303 e. The summed E-state index contributed by atoms with van der Waals surface area (Å²) in [5.41, 5.74) is 0. The minimum absolute atomic E-state index is 0.348. The average molecular weight is 268 g/mol. The van der Waals surface area contributed by atoms with Gasteiger partial charge >= 0.3 is 5.97 Å². The highest BCUT2D eigenvalue weighted by molar-refractivity contribution is 5.66. The van der Waals surface area contributed by atoms with Crippen molar-refractivity contribution in [2.75, 3.05) is 0 Å². The van der Waals surface area contributed by atoms with E-state index in [2.05, 4.69) is 6.92 Å². The number of carboxylic acids is 1. The summed E-state index contributed by atoms with van der Waals surface area (Å²) in [6.07, 6.45) is 16.2. The Balaban J connectivity index is 1.71. The van der Waals surface area contributed by atoms with Crippen LogP contribution in [0.5, 0.6) is 0 Å². The Morgan fingerprint density at radius 1 is 0.895 bits per heavy atom. The summed E-state index contributed by atoms with van der Waals surface area (Å²) in [7, 11) is 0. The number of aliphatic carboxylic acids is 1. The van der Waals surface area contributed by atoms with Gasteiger partial charge in [-0.25, -0.2) is 0 Å². The highest BCUT2D eigenvalue weighted by atomic mass is 16.4. The second kappa shape index (κ2) is 10.3. The number of unbranched alkanes of at least 4 members (excludes halogenated alkanes) is 7. The van der Waals surface area contributed by atoms with Crippen molar-refractivity contribution < 1.29 is 9.90 Å². The Hall–Kier alpha value is -0.530. The van der Waals surface area contributed by atoms with Crippen molar-refractivity contribution in [3.63, 3.8) is 0 Å². The van der Waals surface area contributed by atoms with Crippen LogP contribution in [0.1, 0.15) is 90.4 Å². The third-order valence-electron chi connectivity index (χ3n) is 4.44. The van der Waals surface area contributed by atoms with E-state index in [0.717, 1.165) is 24.7 Å². The number of carbonyl (C=O) groups is 1. The van der Waals surface area contributed by atoms with E-state index in [0.29, 0.717) is 6.42 Å². The molecule has 0 aromatic carbocycles.